The lowest BCUT2D eigenvalue weighted by Gasteiger charge is -2.24. The molecule has 0 bridgehead atoms. The molecule has 3 amide bonds. The Kier molecular flexibility index (Phi) is 29.3. The quantitative estimate of drug-likeness (QED) is 0.0235. The minimum Gasteiger partial charge on any atom is -0.489 e. The molecule has 0 spiro atoms. The number of fused-ring (bicyclic) bond motifs is 1. The smallest absolute Gasteiger partial charge is 0.472 e. The maximum Gasteiger partial charge on any atom is 0.472 e. The van der Waals surface area contributed by atoms with Gasteiger partial charge >= 0.3 is 7.82 Å². The predicted octanol–water partition coefficient (Wildman–Crippen LogP) is 10.7. The van der Waals surface area contributed by atoms with Crippen molar-refractivity contribution in [2.45, 2.75) is 200 Å². The molecule has 0 fully saturated rings. The van der Waals surface area contributed by atoms with Gasteiger partial charge in [-0.2, -0.15) is 0 Å². The molecule has 0 saturated carbocycles. The standard InChI is InChI=1S/C53H85N4O10P/c1-5-7-8-9-10-11-12-13-14-15-16-17-18-19-20-21-25-31-50(60)56-48(49(59)30-26-27-42(4)58)40-67-68(63,64)66-35-34-54-53(62)52(41(3)6-2)57-51(61)36-44-38-55-47-33-32-45(37-46(44)47)65-39-43-28-23-22-24-29-43/h22-24,28-29,32-33,37-38,41-42,48,52,55,58H,5-21,25-27,30-31,34-36,39-40H2,1-4H3,(H,54,62)(H,56,60)(H,57,61)(H,63,64)/t41-,42?,48-,52-/m0/s1. The zero-order valence-corrected chi connectivity index (χ0v) is 42.6. The van der Waals surface area contributed by atoms with Crippen LogP contribution < -0.4 is 20.7 Å². The average molecular weight is 969 g/mol. The van der Waals surface area contributed by atoms with Gasteiger partial charge in [0.05, 0.1) is 25.7 Å². The Bertz CT molecular complexity index is 1920. The molecular weight excluding hydrogens is 884 g/mol. The van der Waals surface area contributed by atoms with E-state index in [1.54, 1.807) is 13.1 Å². The second-order valence-corrected chi connectivity index (χ2v) is 20.0. The first kappa shape index (κ1) is 58.2. The van der Waals surface area contributed by atoms with Gasteiger partial charge in [-0.3, -0.25) is 28.2 Å². The van der Waals surface area contributed by atoms with Gasteiger partial charge in [-0.05, 0) is 61.4 Å². The molecule has 14 nitrogen and oxygen atoms in total. The molecule has 0 aliphatic carbocycles. The van der Waals surface area contributed by atoms with E-state index in [1.807, 2.05) is 62.4 Å². The van der Waals surface area contributed by atoms with E-state index in [-0.39, 0.29) is 49.3 Å². The minimum absolute atomic E-state index is 0.0145. The van der Waals surface area contributed by atoms with Crippen molar-refractivity contribution in [3.8, 4) is 5.75 Å². The van der Waals surface area contributed by atoms with Crippen LogP contribution in [0.25, 0.3) is 10.9 Å². The molecule has 6 N–H and O–H groups in total. The zero-order chi connectivity index (χ0) is 49.4. The van der Waals surface area contributed by atoms with Crippen LogP contribution in [0, 0.1) is 5.92 Å². The summed E-state index contributed by atoms with van der Waals surface area (Å²) in [6.45, 7) is 6.89. The van der Waals surface area contributed by atoms with Crippen LogP contribution >= 0.6 is 7.82 Å². The third-order valence-electron chi connectivity index (χ3n) is 12.5. The number of benzene rings is 2. The van der Waals surface area contributed by atoms with Crippen LogP contribution in [0.1, 0.15) is 180 Å². The second-order valence-electron chi connectivity index (χ2n) is 18.5. The number of phosphoric ester groups is 1. The Morgan fingerprint density at radius 2 is 1.35 bits per heavy atom. The molecule has 0 aliphatic rings. The van der Waals surface area contributed by atoms with Crippen molar-refractivity contribution in [2.24, 2.45) is 5.92 Å². The number of amides is 3. The fourth-order valence-electron chi connectivity index (χ4n) is 8.12. The van der Waals surface area contributed by atoms with Crippen LogP contribution in [-0.4, -0.2) is 76.4 Å². The summed E-state index contributed by atoms with van der Waals surface area (Å²) in [7, 11) is -4.71. The number of carbonyl (C=O) groups excluding carboxylic acids is 4. The SMILES string of the molecule is CCCCCCCCCCCCCCCCCCCC(=O)N[C@@H](COP(=O)(O)OCCNC(=O)[C@@H](NC(=O)Cc1c[nH]c2ccc(OCc3ccccc3)cc12)[C@@H](C)CC)C(=O)CCCC(C)O. The number of phosphoric acid groups is 1. The average Bonchev–Trinajstić information content (AvgIpc) is 3.72. The molecule has 15 heteroatoms. The normalized spacial score (nSPS) is 14.1. The number of hydrogen-bond donors (Lipinski definition) is 6. The predicted molar refractivity (Wildman–Crippen MR) is 270 cm³/mol. The Morgan fingerprint density at radius 1 is 0.735 bits per heavy atom. The fourth-order valence-corrected chi connectivity index (χ4v) is 8.86. The highest BCUT2D eigenvalue weighted by atomic mass is 31.2. The molecule has 1 aromatic heterocycles. The number of carbonyl (C=O) groups is 4. The number of rotatable bonds is 40. The van der Waals surface area contributed by atoms with E-state index in [0.29, 0.717) is 38.0 Å². The molecule has 2 unspecified atom stereocenters. The van der Waals surface area contributed by atoms with Crippen molar-refractivity contribution in [3.63, 3.8) is 0 Å². The van der Waals surface area contributed by atoms with Crippen molar-refractivity contribution in [1.82, 2.24) is 20.9 Å². The van der Waals surface area contributed by atoms with Gasteiger partial charge in [-0.15, -0.1) is 0 Å². The number of H-pyrrole nitrogens is 1. The lowest BCUT2D eigenvalue weighted by atomic mass is 9.98. The Labute approximate surface area is 406 Å². The molecule has 0 radical (unpaired) electrons. The summed E-state index contributed by atoms with van der Waals surface area (Å²) in [6.07, 6.45) is 23.8. The minimum atomic E-state index is -4.71. The molecule has 3 rings (SSSR count). The van der Waals surface area contributed by atoms with E-state index in [9.17, 15) is 33.7 Å². The first-order valence-electron chi connectivity index (χ1n) is 25.8. The van der Waals surface area contributed by atoms with Crippen molar-refractivity contribution < 1.29 is 47.5 Å². The lowest BCUT2D eigenvalue weighted by molar-refractivity contribution is -0.130. The Hall–Kier alpha value is -4.07. The van der Waals surface area contributed by atoms with Gasteiger partial charge in [0.1, 0.15) is 24.4 Å². The summed E-state index contributed by atoms with van der Waals surface area (Å²) < 4.78 is 29.2. The van der Waals surface area contributed by atoms with E-state index in [4.69, 9.17) is 13.8 Å². The molecule has 2 aromatic carbocycles. The summed E-state index contributed by atoms with van der Waals surface area (Å²) in [5.74, 6) is -1.13. The zero-order valence-electron chi connectivity index (χ0n) is 41.7. The topological polar surface area (TPSA) is 205 Å². The first-order chi connectivity index (χ1) is 32.8. The molecule has 0 saturated heterocycles. The number of hydrogen-bond acceptors (Lipinski definition) is 9. The lowest BCUT2D eigenvalue weighted by Crippen LogP contribution is -2.51. The molecule has 382 valence electrons. The summed E-state index contributed by atoms with van der Waals surface area (Å²) in [6, 6.07) is 13.4. The van der Waals surface area contributed by atoms with Gasteiger partial charge in [0.25, 0.3) is 0 Å². The van der Waals surface area contributed by atoms with Gasteiger partial charge in [0.2, 0.25) is 17.7 Å². The number of aromatic nitrogens is 1. The number of aliphatic hydroxyl groups excluding tert-OH is 1. The van der Waals surface area contributed by atoms with Gasteiger partial charge < -0.3 is 35.7 Å². The highest BCUT2D eigenvalue weighted by molar-refractivity contribution is 7.47. The third kappa shape index (κ3) is 25.0. The molecular formula is C53H85N4O10P. The Morgan fingerprint density at radius 3 is 1.96 bits per heavy atom. The maximum atomic E-state index is 13.3. The van der Waals surface area contributed by atoms with E-state index in [1.165, 1.54) is 83.5 Å². The van der Waals surface area contributed by atoms with Crippen LogP contribution in [0.3, 0.4) is 0 Å². The number of aliphatic hydroxyl groups is 1. The van der Waals surface area contributed by atoms with Crippen LogP contribution in [0.5, 0.6) is 5.75 Å². The number of ether oxygens (including phenoxy) is 1. The Balaban J connectivity index is 1.38. The third-order valence-corrected chi connectivity index (χ3v) is 13.5. The summed E-state index contributed by atoms with van der Waals surface area (Å²) in [5, 5.41) is 18.7. The fraction of sp³-hybridized carbons (Fsp3) is 0.660. The number of ketones is 1. The van der Waals surface area contributed by atoms with Crippen molar-refractivity contribution in [2.75, 3.05) is 19.8 Å². The maximum absolute atomic E-state index is 13.3. The van der Waals surface area contributed by atoms with E-state index in [0.717, 1.165) is 41.3 Å². The van der Waals surface area contributed by atoms with Crippen molar-refractivity contribution in [3.05, 3.63) is 65.9 Å². The summed E-state index contributed by atoms with van der Waals surface area (Å²) in [4.78, 5) is 66.4. The molecule has 5 atom stereocenters. The van der Waals surface area contributed by atoms with E-state index < -0.39 is 45.1 Å². The van der Waals surface area contributed by atoms with Crippen molar-refractivity contribution >= 4 is 42.2 Å². The molecule has 3 aromatic rings. The monoisotopic (exact) mass is 969 g/mol. The van der Waals surface area contributed by atoms with Crippen LogP contribution in [0.4, 0.5) is 0 Å². The summed E-state index contributed by atoms with van der Waals surface area (Å²) >= 11 is 0. The van der Waals surface area contributed by atoms with Crippen LogP contribution in [0.15, 0.2) is 54.7 Å². The molecule has 68 heavy (non-hydrogen) atoms. The highest BCUT2D eigenvalue weighted by Gasteiger charge is 2.29. The summed E-state index contributed by atoms with van der Waals surface area (Å²) in [5.41, 5.74) is 2.62. The number of unbranched alkanes of at least 4 members (excludes halogenated alkanes) is 16. The first-order valence-corrected chi connectivity index (χ1v) is 27.3. The number of Topliss-reactive ketones (excluding diaryl/α,β-unsaturated/α-hetero) is 1. The van der Waals surface area contributed by atoms with E-state index >= 15 is 0 Å². The van der Waals surface area contributed by atoms with Gasteiger partial charge in [0.15, 0.2) is 5.78 Å². The van der Waals surface area contributed by atoms with Crippen LogP contribution in [0.2, 0.25) is 0 Å². The number of aromatic amines is 1. The molecule has 1 heterocycles. The van der Waals surface area contributed by atoms with Gasteiger partial charge in [-0.1, -0.05) is 160 Å². The van der Waals surface area contributed by atoms with E-state index in [2.05, 4.69) is 27.9 Å². The van der Waals surface area contributed by atoms with Gasteiger partial charge in [-0.25, -0.2) is 4.57 Å². The second kappa shape index (κ2) is 34.3. The van der Waals surface area contributed by atoms with Crippen molar-refractivity contribution in [1.29, 1.82) is 0 Å². The van der Waals surface area contributed by atoms with Gasteiger partial charge in [0, 0.05) is 36.5 Å². The number of nitrogens with one attached hydrogen (secondary N) is 4. The largest absolute Gasteiger partial charge is 0.489 e. The highest BCUT2D eigenvalue weighted by Crippen LogP contribution is 2.43. The van der Waals surface area contributed by atoms with Crippen LogP contribution in [-0.2, 0) is 45.8 Å². The molecule has 0 aliphatic heterocycles.